The van der Waals surface area contributed by atoms with E-state index >= 15 is 0 Å². The van der Waals surface area contributed by atoms with Gasteiger partial charge in [-0.05, 0) is 43.0 Å². The minimum Gasteiger partial charge on any atom is -0.493 e. The van der Waals surface area contributed by atoms with Gasteiger partial charge in [0.05, 0.1) is 12.9 Å². The summed E-state index contributed by atoms with van der Waals surface area (Å²) in [5.74, 6) is 1.74. The molecule has 0 radical (unpaired) electrons. The topological polar surface area (TPSA) is 27.1 Å². The lowest BCUT2D eigenvalue weighted by Crippen LogP contribution is -2.19. The Bertz CT molecular complexity index is 457. The van der Waals surface area contributed by atoms with Crippen molar-refractivity contribution in [2.24, 2.45) is 5.92 Å². The van der Waals surface area contributed by atoms with E-state index in [0.717, 1.165) is 24.0 Å². The average Bonchev–Trinajstić information content (AvgIpc) is 2.81. The smallest absolute Gasteiger partial charge is 0.119 e. The van der Waals surface area contributed by atoms with Gasteiger partial charge in [-0.3, -0.25) is 0 Å². The lowest BCUT2D eigenvalue weighted by Gasteiger charge is -2.25. The monoisotopic (exact) mass is 228 g/mol. The third-order valence-electron chi connectivity index (χ3n) is 3.35. The van der Waals surface area contributed by atoms with Gasteiger partial charge in [0.25, 0.3) is 0 Å². The lowest BCUT2D eigenvalue weighted by atomic mass is 9.86. The molecule has 0 amide bonds. The summed E-state index contributed by atoms with van der Waals surface area (Å²) < 4.78 is 7.74. The van der Waals surface area contributed by atoms with Crippen molar-refractivity contribution >= 4 is 0 Å². The fourth-order valence-corrected chi connectivity index (χ4v) is 2.00. The van der Waals surface area contributed by atoms with E-state index in [0.29, 0.717) is 0 Å². The van der Waals surface area contributed by atoms with Gasteiger partial charge >= 0.3 is 0 Å². The lowest BCUT2D eigenvalue weighted by molar-refractivity contribution is 0.180. The maximum absolute atomic E-state index is 5.76. The summed E-state index contributed by atoms with van der Waals surface area (Å²) in [6.45, 7) is 0.865. The molecule has 3 rings (SSSR count). The molecule has 1 aliphatic carbocycles. The molecule has 0 bridgehead atoms. The molecule has 0 aliphatic heterocycles. The summed E-state index contributed by atoms with van der Waals surface area (Å²) in [6, 6.07) is 8.15. The Labute approximate surface area is 101 Å². The number of benzene rings is 1. The minimum absolute atomic E-state index is 0.781. The first kappa shape index (κ1) is 10.4. The van der Waals surface area contributed by atoms with Gasteiger partial charge in [-0.1, -0.05) is 6.42 Å². The van der Waals surface area contributed by atoms with E-state index in [4.69, 9.17) is 4.74 Å². The van der Waals surface area contributed by atoms with E-state index in [1.807, 2.05) is 22.9 Å². The van der Waals surface area contributed by atoms with Crippen LogP contribution in [0.25, 0.3) is 5.69 Å². The first-order chi connectivity index (χ1) is 8.42. The molecule has 1 aromatic carbocycles. The highest BCUT2D eigenvalue weighted by Crippen LogP contribution is 2.27. The zero-order valence-corrected chi connectivity index (χ0v) is 9.75. The zero-order chi connectivity index (χ0) is 11.5. The molecular weight excluding hydrogens is 212 g/mol. The zero-order valence-electron chi connectivity index (χ0n) is 9.75. The third kappa shape index (κ3) is 2.33. The predicted octanol–water partition coefficient (Wildman–Crippen LogP) is 3.05. The molecule has 17 heavy (non-hydrogen) atoms. The Morgan fingerprint density at radius 2 is 2.06 bits per heavy atom. The Morgan fingerprint density at radius 1 is 1.24 bits per heavy atom. The van der Waals surface area contributed by atoms with Crippen molar-refractivity contribution in [1.82, 2.24) is 9.55 Å². The standard InChI is InChI=1S/C14H16N2O/c1-2-12(3-1)10-17-14-6-4-13(5-7-14)16-9-8-15-11-16/h4-9,11-12H,1-3,10H2. The van der Waals surface area contributed by atoms with Crippen LogP contribution in [0.4, 0.5) is 0 Å². The highest BCUT2D eigenvalue weighted by molar-refractivity contribution is 5.37. The Balaban J connectivity index is 1.63. The first-order valence-electron chi connectivity index (χ1n) is 6.13. The van der Waals surface area contributed by atoms with Gasteiger partial charge in [0.15, 0.2) is 0 Å². The van der Waals surface area contributed by atoms with Crippen molar-refractivity contribution in [3.05, 3.63) is 43.0 Å². The quantitative estimate of drug-likeness (QED) is 0.804. The van der Waals surface area contributed by atoms with Gasteiger partial charge in [0, 0.05) is 18.1 Å². The largest absolute Gasteiger partial charge is 0.493 e. The highest BCUT2D eigenvalue weighted by atomic mass is 16.5. The van der Waals surface area contributed by atoms with Crippen LogP contribution in [0.5, 0.6) is 5.75 Å². The number of hydrogen-bond donors (Lipinski definition) is 0. The maximum atomic E-state index is 5.76. The van der Waals surface area contributed by atoms with Gasteiger partial charge in [-0.2, -0.15) is 0 Å². The molecular formula is C14H16N2O. The second kappa shape index (κ2) is 4.62. The van der Waals surface area contributed by atoms with Gasteiger partial charge in [-0.15, -0.1) is 0 Å². The number of ether oxygens (including phenoxy) is 1. The van der Waals surface area contributed by atoms with Gasteiger partial charge in [0.1, 0.15) is 5.75 Å². The molecule has 0 atom stereocenters. The van der Waals surface area contributed by atoms with Gasteiger partial charge in [0.2, 0.25) is 0 Å². The summed E-state index contributed by atoms with van der Waals surface area (Å²) in [5, 5.41) is 0. The number of hydrogen-bond acceptors (Lipinski definition) is 2. The number of rotatable bonds is 4. The molecule has 0 N–H and O–H groups in total. The molecule has 0 saturated heterocycles. The average molecular weight is 228 g/mol. The second-order valence-electron chi connectivity index (χ2n) is 4.57. The third-order valence-corrected chi connectivity index (χ3v) is 3.35. The second-order valence-corrected chi connectivity index (χ2v) is 4.57. The van der Waals surface area contributed by atoms with Crippen LogP contribution in [0.1, 0.15) is 19.3 Å². The SMILES string of the molecule is c1cn(-c2ccc(OCC3CCC3)cc2)cn1. The molecule has 3 heteroatoms. The molecule has 1 aromatic heterocycles. The Hall–Kier alpha value is -1.77. The Morgan fingerprint density at radius 3 is 2.65 bits per heavy atom. The number of aromatic nitrogens is 2. The molecule has 1 heterocycles. The normalized spacial score (nSPS) is 15.5. The molecule has 2 aromatic rings. The summed E-state index contributed by atoms with van der Waals surface area (Å²) in [5.41, 5.74) is 1.11. The van der Waals surface area contributed by atoms with Crippen LogP contribution in [0.15, 0.2) is 43.0 Å². The van der Waals surface area contributed by atoms with Crippen LogP contribution in [-0.2, 0) is 0 Å². The first-order valence-corrected chi connectivity index (χ1v) is 6.13. The molecule has 1 saturated carbocycles. The highest BCUT2D eigenvalue weighted by Gasteiger charge is 2.17. The van der Waals surface area contributed by atoms with Crippen LogP contribution in [0.3, 0.4) is 0 Å². The summed E-state index contributed by atoms with van der Waals surface area (Å²) in [6.07, 6.45) is 9.53. The van der Waals surface area contributed by atoms with Gasteiger partial charge < -0.3 is 9.30 Å². The maximum Gasteiger partial charge on any atom is 0.119 e. The van der Waals surface area contributed by atoms with E-state index in [1.165, 1.54) is 19.3 Å². The van der Waals surface area contributed by atoms with Crippen molar-refractivity contribution in [3.8, 4) is 11.4 Å². The summed E-state index contributed by atoms with van der Waals surface area (Å²) in [7, 11) is 0. The van der Waals surface area contributed by atoms with Crippen LogP contribution in [0, 0.1) is 5.92 Å². The molecule has 0 spiro atoms. The molecule has 1 aliphatic rings. The predicted molar refractivity (Wildman–Crippen MR) is 66.4 cm³/mol. The minimum atomic E-state index is 0.781. The van der Waals surface area contributed by atoms with Crippen molar-refractivity contribution in [3.63, 3.8) is 0 Å². The Kier molecular flexibility index (Phi) is 2.82. The van der Waals surface area contributed by atoms with Crippen molar-refractivity contribution < 1.29 is 4.74 Å². The number of imidazole rings is 1. The fourth-order valence-electron chi connectivity index (χ4n) is 2.00. The van der Waals surface area contributed by atoms with E-state index in [9.17, 15) is 0 Å². The van der Waals surface area contributed by atoms with Crippen molar-refractivity contribution in [1.29, 1.82) is 0 Å². The molecule has 88 valence electrons. The van der Waals surface area contributed by atoms with Crippen LogP contribution in [0.2, 0.25) is 0 Å². The van der Waals surface area contributed by atoms with E-state index in [1.54, 1.807) is 12.5 Å². The fraction of sp³-hybridized carbons (Fsp3) is 0.357. The van der Waals surface area contributed by atoms with E-state index in [2.05, 4.69) is 17.1 Å². The van der Waals surface area contributed by atoms with Crippen LogP contribution in [-0.4, -0.2) is 16.2 Å². The number of nitrogens with zero attached hydrogens (tertiary/aromatic N) is 2. The van der Waals surface area contributed by atoms with E-state index in [-0.39, 0.29) is 0 Å². The summed E-state index contributed by atoms with van der Waals surface area (Å²) >= 11 is 0. The van der Waals surface area contributed by atoms with Crippen molar-refractivity contribution in [2.45, 2.75) is 19.3 Å². The van der Waals surface area contributed by atoms with Crippen molar-refractivity contribution in [2.75, 3.05) is 6.61 Å². The molecule has 1 fully saturated rings. The van der Waals surface area contributed by atoms with Crippen LogP contribution < -0.4 is 4.74 Å². The summed E-state index contributed by atoms with van der Waals surface area (Å²) in [4.78, 5) is 4.03. The van der Waals surface area contributed by atoms with Gasteiger partial charge in [-0.25, -0.2) is 4.98 Å². The van der Waals surface area contributed by atoms with E-state index < -0.39 is 0 Å². The molecule has 0 unspecified atom stereocenters. The van der Waals surface area contributed by atoms with Crippen LogP contribution >= 0.6 is 0 Å². The molecule has 3 nitrogen and oxygen atoms in total.